The van der Waals surface area contributed by atoms with Crippen LogP contribution in [0.2, 0.25) is 0 Å². The van der Waals surface area contributed by atoms with Crippen molar-refractivity contribution in [2.75, 3.05) is 19.9 Å². The van der Waals surface area contributed by atoms with Crippen LogP contribution in [-0.2, 0) is 19.6 Å². The number of methoxy groups -OCH3 is 1. The molecule has 2 saturated carbocycles. The maximum absolute atomic E-state index is 12.3. The fraction of sp³-hybridized carbons (Fsp3) is 0.917. The van der Waals surface area contributed by atoms with Crippen molar-refractivity contribution in [2.24, 2.45) is 5.92 Å². The summed E-state index contributed by atoms with van der Waals surface area (Å²) in [5.74, 6) is -0.911. The zero-order valence-corrected chi connectivity index (χ0v) is 13.0. The van der Waals surface area contributed by atoms with E-state index in [2.05, 4.69) is 4.72 Å². The molecular formula is C12H21NO4S2. The predicted molar refractivity (Wildman–Crippen MR) is 75.5 cm³/mol. The second-order valence-corrected chi connectivity index (χ2v) is 8.61. The molecule has 2 unspecified atom stereocenters. The molecule has 0 bridgehead atoms. The largest absolute Gasteiger partial charge is 0.469 e. The molecule has 110 valence electrons. The van der Waals surface area contributed by atoms with Gasteiger partial charge < -0.3 is 4.74 Å². The average Bonchev–Trinajstić information content (AvgIpc) is 3.01. The first-order valence-electron chi connectivity index (χ1n) is 6.55. The van der Waals surface area contributed by atoms with Crippen LogP contribution in [0.25, 0.3) is 0 Å². The smallest absolute Gasteiger partial charge is 0.310 e. The summed E-state index contributed by atoms with van der Waals surface area (Å²) in [7, 11) is -2.12. The van der Waals surface area contributed by atoms with E-state index in [4.69, 9.17) is 4.74 Å². The van der Waals surface area contributed by atoms with Crippen LogP contribution in [0.15, 0.2) is 0 Å². The maximum atomic E-state index is 12.3. The normalized spacial score (nSPS) is 29.2. The summed E-state index contributed by atoms with van der Waals surface area (Å²) in [5, 5.41) is -0.627. The van der Waals surface area contributed by atoms with E-state index in [-0.39, 0.29) is 4.75 Å². The van der Waals surface area contributed by atoms with Crippen molar-refractivity contribution in [2.45, 2.75) is 42.1 Å². The molecule has 0 radical (unpaired) electrons. The molecule has 19 heavy (non-hydrogen) atoms. The lowest BCUT2D eigenvalue weighted by atomic mass is 10.1. The van der Waals surface area contributed by atoms with E-state index in [0.717, 1.165) is 19.3 Å². The molecule has 7 heteroatoms. The molecule has 2 aliphatic rings. The van der Waals surface area contributed by atoms with Crippen molar-refractivity contribution in [3.05, 3.63) is 0 Å². The van der Waals surface area contributed by atoms with E-state index < -0.39 is 27.2 Å². The van der Waals surface area contributed by atoms with Gasteiger partial charge in [-0.3, -0.25) is 4.79 Å². The van der Waals surface area contributed by atoms with Crippen LogP contribution in [0.3, 0.4) is 0 Å². The van der Waals surface area contributed by atoms with Gasteiger partial charge in [0, 0.05) is 11.3 Å². The number of ether oxygens (including phenoxy) is 1. The van der Waals surface area contributed by atoms with Gasteiger partial charge in [-0.1, -0.05) is 6.42 Å². The lowest BCUT2D eigenvalue weighted by Gasteiger charge is -2.20. The highest BCUT2D eigenvalue weighted by Gasteiger charge is 2.46. The van der Waals surface area contributed by atoms with Crippen LogP contribution in [0.1, 0.15) is 32.1 Å². The first-order chi connectivity index (χ1) is 8.94. The Bertz CT molecular complexity index is 445. The van der Waals surface area contributed by atoms with Gasteiger partial charge in [0.2, 0.25) is 10.0 Å². The highest BCUT2D eigenvalue weighted by atomic mass is 32.2. The Morgan fingerprint density at radius 3 is 2.63 bits per heavy atom. The molecule has 2 rings (SSSR count). The van der Waals surface area contributed by atoms with Crippen LogP contribution >= 0.6 is 11.8 Å². The molecule has 0 aromatic carbocycles. The highest BCUT2D eigenvalue weighted by molar-refractivity contribution is 8.00. The lowest BCUT2D eigenvalue weighted by Crippen LogP contribution is -2.42. The Kier molecular flexibility index (Phi) is 4.47. The number of rotatable bonds is 6. The van der Waals surface area contributed by atoms with E-state index in [1.54, 1.807) is 11.8 Å². The molecule has 0 aliphatic heterocycles. The molecule has 2 atom stereocenters. The average molecular weight is 307 g/mol. The van der Waals surface area contributed by atoms with E-state index in [1.807, 2.05) is 6.26 Å². The predicted octanol–water partition coefficient (Wildman–Crippen LogP) is 1.14. The second kappa shape index (κ2) is 5.61. The summed E-state index contributed by atoms with van der Waals surface area (Å²) >= 11 is 1.71. The SMILES string of the molecule is COC(=O)C1CCCC1S(=O)(=O)NCC1(SC)CC1. The number of nitrogens with one attached hydrogen (secondary N) is 1. The molecule has 0 aromatic rings. The minimum absolute atomic E-state index is 0.0897. The first-order valence-corrected chi connectivity index (χ1v) is 9.33. The Morgan fingerprint density at radius 1 is 1.42 bits per heavy atom. The van der Waals surface area contributed by atoms with Gasteiger partial charge in [0.15, 0.2) is 0 Å². The molecule has 5 nitrogen and oxygen atoms in total. The molecule has 0 amide bonds. The van der Waals surface area contributed by atoms with Gasteiger partial charge in [-0.15, -0.1) is 0 Å². The summed E-state index contributed by atoms with van der Waals surface area (Å²) in [6.07, 6.45) is 6.03. The van der Waals surface area contributed by atoms with Crippen LogP contribution in [0, 0.1) is 5.92 Å². The number of carbonyl (C=O) groups excluding carboxylic acids is 1. The standard InChI is InChI=1S/C12H21NO4S2/c1-17-11(14)9-4-3-5-10(9)19(15,16)13-8-12(18-2)6-7-12/h9-10,13H,3-8H2,1-2H3. The minimum Gasteiger partial charge on any atom is -0.469 e. The van der Waals surface area contributed by atoms with Gasteiger partial charge in [-0.05, 0) is 31.9 Å². The molecule has 2 aliphatic carbocycles. The Balaban J connectivity index is 2.00. The van der Waals surface area contributed by atoms with Gasteiger partial charge in [0.05, 0.1) is 18.3 Å². The van der Waals surface area contributed by atoms with Crippen LogP contribution in [0.4, 0.5) is 0 Å². The number of thioether (sulfide) groups is 1. The van der Waals surface area contributed by atoms with E-state index >= 15 is 0 Å². The summed E-state index contributed by atoms with van der Waals surface area (Å²) in [5.41, 5.74) is 0. The van der Waals surface area contributed by atoms with Gasteiger partial charge in [0.25, 0.3) is 0 Å². The summed E-state index contributed by atoms with van der Waals surface area (Å²) in [4.78, 5) is 11.6. The monoisotopic (exact) mass is 307 g/mol. The Hall–Kier alpha value is -0.270. The fourth-order valence-corrected chi connectivity index (χ4v) is 5.32. The molecule has 2 fully saturated rings. The van der Waals surface area contributed by atoms with Crippen LogP contribution in [0.5, 0.6) is 0 Å². The van der Waals surface area contributed by atoms with E-state index in [9.17, 15) is 13.2 Å². The number of hydrogen-bond donors (Lipinski definition) is 1. The van der Waals surface area contributed by atoms with Crippen LogP contribution in [-0.4, -0.2) is 44.3 Å². The molecule has 0 aromatic heterocycles. The molecule has 0 spiro atoms. The molecular weight excluding hydrogens is 286 g/mol. The van der Waals surface area contributed by atoms with Gasteiger partial charge in [-0.2, -0.15) is 11.8 Å². The van der Waals surface area contributed by atoms with Crippen LogP contribution < -0.4 is 4.72 Å². The third-order valence-electron chi connectivity index (χ3n) is 4.19. The molecule has 0 heterocycles. The molecule has 0 saturated heterocycles. The third-order valence-corrected chi connectivity index (χ3v) is 7.52. The quantitative estimate of drug-likeness (QED) is 0.745. The number of esters is 1. The maximum Gasteiger partial charge on any atom is 0.310 e. The summed E-state index contributed by atoms with van der Waals surface area (Å²) in [6.45, 7) is 0.473. The number of carbonyl (C=O) groups is 1. The topological polar surface area (TPSA) is 72.5 Å². The first kappa shape index (κ1) is 15.1. The zero-order chi connectivity index (χ0) is 14.1. The lowest BCUT2D eigenvalue weighted by molar-refractivity contribution is -0.145. The van der Waals surface area contributed by atoms with Gasteiger partial charge in [0.1, 0.15) is 0 Å². The highest BCUT2D eigenvalue weighted by Crippen LogP contribution is 2.46. The Labute approximate surface area is 118 Å². The van der Waals surface area contributed by atoms with Crippen molar-refractivity contribution >= 4 is 27.8 Å². The minimum atomic E-state index is -3.43. The van der Waals surface area contributed by atoms with Crippen molar-refractivity contribution in [3.63, 3.8) is 0 Å². The fourth-order valence-electron chi connectivity index (χ4n) is 2.65. The number of sulfonamides is 1. The van der Waals surface area contributed by atoms with Gasteiger partial charge in [-0.25, -0.2) is 13.1 Å². The van der Waals surface area contributed by atoms with Crippen molar-refractivity contribution < 1.29 is 17.9 Å². The number of hydrogen-bond acceptors (Lipinski definition) is 5. The zero-order valence-electron chi connectivity index (χ0n) is 11.3. The van der Waals surface area contributed by atoms with Crippen molar-refractivity contribution in [1.29, 1.82) is 0 Å². The third kappa shape index (κ3) is 3.25. The molecule has 1 N–H and O–H groups in total. The van der Waals surface area contributed by atoms with Crippen molar-refractivity contribution in [1.82, 2.24) is 4.72 Å². The van der Waals surface area contributed by atoms with E-state index in [0.29, 0.717) is 19.4 Å². The summed E-state index contributed by atoms with van der Waals surface area (Å²) in [6, 6.07) is 0. The van der Waals surface area contributed by atoms with Crippen molar-refractivity contribution in [3.8, 4) is 0 Å². The van der Waals surface area contributed by atoms with E-state index in [1.165, 1.54) is 7.11 Å². The summed E-state index contributed by atoms with van der Waals surface area (Å²) < 4.78 is 32.2. The Morgan fingerprint density at radius 2 is 2.11 bits per heavy atom. The van der Waals surface area contributed by atoms with Gasteiger partial charge >= 0.3 is 5.97 Å². The second-order valence-electron chi connectivity index (χ2n) is 5.35.